The van der Waals surface area contributed by atoms with Crippen molar-refractivity contribution >= 4 is 23.5 Å². The van der Waals surface area contributed by atoms with Gasteiger partial charge in [0.2, 0.25) is 0 Å². The van der Waals surface area contributed by atoms with E-state index in [1.165, 1.54) is 0 Å². The van der Waals surface area contributed by atoms with Crippen LogP contribution < -0.4 is 20.7 Å². The maximum absolute atomic E-state index is 13.1. The van der Waals surface area contributed by atoms with E-state index in [0.717, 1.165) is 47.0 Å². The Morgan fingerprint density at radius 3 is 2.73 bits per heavy atom. The molecule has 0 atom stereocenters. The second kappa shape index (κ2) is 10.4. The van der Waals surface area contributed by atoms with Crippen molar-refractivity contribution < 1.29 is 9.53 Å². The van der Waals surface area contributed by atoms with E-state index in [2.05, 4.69) is 32.0 Å². The Bertz CT molecular complexity index is 1200. The average Bonchev–Trinajstić information content (AvgIpc) is 3.35. The summed E-state index contributed by atoms with van der Waals surface area (Å²) >= 11 is 6.10. The Labute approximate surface area is 198 Å². The van der Waals surface area contributed by atoms with Crippen LogP contribution in [0.25, 0.3) is 11.1 Å². The number of methoxy groups -OCH3 is 1. The number of halogens is 1. The van der Waals surface area contributed by atoms with Crippen LogP contribution in [-0.2, 0) is 13.1 Å². The summed E-state index contributed by atoms with van der Waals surface area (Å²) < 4.78 is 5.26. The molecular weight excluding hydrogens is 438 g/mol. The molecule has 0 bridgehead atoms. The standard InChI is InChI=1S/C25H26ClN5O2/c1-16-9-19(5-6-27-16)20-10-18(15-31-25-28-7-8-29-25)11-21(13-20)24(32)30-14-17-3-4-22(26)23(12-17)33-2/h3-6,9-13H,7-8,14-15H2,1-2H3,(H,30,32)(H2,28,29,31). The highest BCUT2D eigenvalue weighted by molar-refractivity contribution is 6.32. The molecule has 0 aliphatic carbocycles. The fourth-order valence-electron chi connectivity index (χ4n) is 3.62. The lowest BCUT2D eigenvalue weighted by Gasteiger charge is -2.13. The lowest BCUT2D eigenvalue weighted by atomic mass is 9.99. The third-order valence-electron chi connectivity index (χ3n) is 5.29. The predicted octanol–water partition coefficient (Wildman–Crippen LogP) is 3.70. The Morgan fingerprint density at radius 2 is 1.97 bits per heavy atom. The van der Waals surface area contributed by atoms with Crippen LogP contribution in [0.1, 0.15) is 27.2 Å². The second-order valence-corrected chi connectivity index (χ2v) is 8.17. The van der Waals surface area contributed by atoms with Crippen LogP contribution in [0.15, 0.2) is 59.7 Å². The quantitative estimate of drug-likeness (QED) is 0.497. The molecule has 1 aliphatic heterocycles. The Hall–Kier alpha value is -3.58. The van der Waals surface area contributed by atoms with Gasteiger partial charge in [0, 0.05) is 37.1 Å². The van der Waals surface area contributed by atoms with Gasteiger partial charge in [0.15, 0.2) is 5.96 Å². The fraction of sp³-hybridized carbons (Fsp3) is 0.240. The number of nitrogens with zero attached hydrogens (tertiary/aromatic N) is 2. The van der Waals surface area contributed by atoms with Crippen LogP contribution in [-0.4, -0.2) is 37.1 Å². The van der Waals surface area contributed by atoms with Crippen molar-refractivity contribution in [2.24, 2.45) is 4.99 Å². The monoisotopic (exact) mass is 463 g/mol. The zero-order valence-electron chi connectivity index (χ0n) is 18.6. The number of guanidine groups is 1. The molecule has 33 heavy (non-hydrogen) atoms. The van der Waals surface area contributed by atoms with Gasteiger partial charge in [-0.05, 0) is 71.6 Å². The van der Waals surface area contributed by atoms with Crippen molar-refractivity contribution in [2.45, 2.75) is 20.0 Å². The first kappa shape index (κ1) is 22.6. The molecule has 1 aliphatic rings. The van der Waals surface area contributed by atoms with Gasteiger partial charge in [-0.15, -0.1) is 0 Å². The first-order valence-electron chi connectivity index (χ1n) is 10.7. The summed E-state index contributed by atoms with van der Waals surface area (Å²) in [6, 6.07) is 15.3. The normalized spacial score (nSPS) is 12.6. The number of hydrogen-bond acceptors (Lipinski definition) is 6. The number of pyridine rings is 1. The highest BCUT2D eigenvalue weighted by atomic mass is 35.5. The van der Waals surface area contributed by atoms with Gasteiger partial charge in [0.1, 0.15) is 5.75 Å². The number of amides is 1. The molecular formula is C25H26ClN5O2. The third kappa shape index (κ3) is 5.81. The van der Waals surface area contributed by atoms with Crippen LogP contribution in [0, 0.1) is 6.92 Å². The lowest BCUT2D eigenvalue weighted by Crippen LogP contribution is -2.33. The lowest BCUT2D eigenvalue weighted by molar-refractivity contribution is 0.0951. The smallest absolute Gasteiger partial charge is 0.251 e. The Kier molecular flexibility index (Phi) is 7.10. The zero-order chi connectivity index (χ0) is 23.2. The highest BCUT2D eigenvalue weighted by Crippen LogP contribution is 2.25. The molecule has 3 aromatic rings. The molecule has 8 heteroatoms. The van der Waals surface area contributed by atoms with Crippen molar-refractivity contribution in [1.29, 1.82) is 0 Å². The first-order chi connectivity index (χ1) is 16.0. The van der Waals surface area contributed by atoms with Crippen LogP contribution in [0.4, 0.5) is 0 Å². The largest absolute Gasteiger partial charge is 0.495 e. The molecule has 0 fully saturated rings. The number of benzene rings is 2. The molecule has 1 aromatic heterocycles. The van der Waals surface area contributed by atoms with Gasteiger partial charge in [-0.2, -0.15) is 0 Å². The maximum atomic E-state index is 13.1. The van der Waals surface area contributed by atoms with Crippen molar-refractivity contribution in [1.82, 2.24) is 20.9 Å². The van der Waals surface area contributed by atoms with Crippen molar-refractivity contribution in [2.75, 3.05) is 20.2 Å². The molecule has 0 saturated carbocycles. The highest BCUT2D eigenvalue weighted by Gasteiger charge is 2.12. The number of rotatable bonds is 7. The van der Waals surface area contributed by atoms with E-state index in [1.807, 2.05) is 43.3 Å². The minimum Gasteiger partial charge on any atom is -0.495 e. The summed E-state index contributed by atoms with van der Waals surface area (Å²) in [6.45, 7) is 4.47. The first-order valence-corrected chi connectivity index (χ1v) is 11.1. The van der Waals surface area contributed by atoms with Gasteiger partial charge in [0.05, 0.1) is 18.7 Å². The number of nitrogens with one attached hydrogen (secondary N) is 3. The van der Waals surface area contributed by atoms with Gasteiger partial charge in [-0.3, -0.25) is 14.8 Å². The molecule has 1 amide bonds. The summed E-state index contributed by atoms with van der Waals surface area (Å²) in [5.74, 6) is 1.20. The predicted molar refractivity (Wildman–Crippen MR) is 131 cm³/mol. The number of aliphatic imine (C=N–C) groups is 1. The molecule has 3 N–H and O–H groups in total. The molecule has 2 heterocycles. The molecule has 4 rings (SSSR count). The minimum atomic E-state index is -0.158. The number of aromatic nitrogens is 1. The van der Waals surface area contributed by atoms with Gasteiger partial charge in [-0.1, -0.05) is 17.7 Å². The summed E-state index contributed by atoms with van der Waals surface area (Å²) in [5.41, 5.74) is 5.36. The van der Waals surface area contributed by atoms with E-state index in [1.54, 1.807) is 19.4 Å². The van der Waals surface area contributed by atoms with Crippen molar-refractivity contribution in [3.63, 3.8) is 0 Å². The van der Waals surface area contributed by atoms with E-state index >= 15 is 0 Å². The Morgan fingerprint density at radius 1 is 1.09 bits per heavy atom. The Balaban J connectivity index is 1.56. The number of carbonyl (C=O) groups is 1. The topological polar surface area (TPSA) is 87.6 Å². The van der Waals surface area contributed by atoms with E-state index < -0.39 is 0 Å². The molecule has 7 nitrogen and oxygen atoms in total. The van der Waals surface area contributed by atoms with Crippen LogP contribution in [0.5, 0.6) is 5.75 Å². The molecule has 0 radical (unpaired) electrons. The molecule has 0 unspecified atom stereocenters. The average molecular weight is 464 g/mol. The number of ether oxygens (including phenoxy) is 1. The summed E-state index contributed by atoms with van der Waals surface area (Å²) in [6.07, 6.45) is 1.78. The van der Waals surface area contributed by atoms with Crippen LogP contribution >= 0.6 is 11.6 Å². The SMILES string of the molecule is COc1cc(CNC(=O)c2cc(CNC3=NCCN3)cc(-c3ccnc(C)c3)c2)ccc1Cl. The number of carbonyl (C=O) groups excluding carboxylic acids is 1. The number of aryl methyl sites for hydroxylation is 1. The van der Waals surface area contributed by atoms with E-state index in [4.69, 9.17) is 16.3 Å². The van der Waals surface area contributed by atoms with E-state index in [-0.39, 0.29) is 5.91 Å². The van der Waals surface area contributed by atoms with Crippen molar-refractivity contribution in [3.8, 4) is 16.9 Å². The maximum Gasteiger partial charge on any atom is 0.251 e. The number of hydrogen-bond donors (Lipinski definition) is 3. The molecule has 0 spiro atoms. The summed E-state index contributed by atoms with van der Waals surface area (Å²) in [7, 11) is 1.57. The van der Waals surface area contributed by atoms with Crippen molar-refractivity contribution in [3.05, 3.63) is 82.1 Å². The van der Waals surface area contributed by atoms with Crippen LogP contribution in [0.2, 0.25) is 5.02 Å². The van der Waals surface area contributed by atoms with E-state index in [0.29, 0.717) is 29.4 Å². The summed E-state index contributed by atoms with van der Waals surface area (Å²) in [5, 5.41) is 10.0. The van der Waals surface area contributed by atoms with Gasteiger partial charge < -0.3 is 20.7 Å². The van der Waals surface area contributed by atoms with E-state index in [9.17, 15) is 4.79 Å². The van der Waals surface area contributed by atoms with Gasteiger partial charge >= 0.3 is 0 Å². The van der Waals surface area contributed by atoms with Gasteiger partial charge in [-0.25, -0.2) is 0 Å². The van der Waals surface area contributed by atoms with Gasteiger partial charge in [0.25, 0.3) is 5.91 Å². The molecule has 0 saturated heterocycles. The second-order valence-electron chi connectivity index (χ2n) is 7.77. The molecule has 170 valence electrons. The third-order valence-corrected chi connectivity index (χ3v) is 5.60. The minimum absolute atomic E-state index is 0.158. The summed E-state index contributed by atoms with van der Waals surface area (Å²) in [4.78, 5) is 21.7. The fourth-order valence-corrected chi connectivity index (χ4v) is 3.81. The van der Waals surface area contributed by atoms with Crippen LogP contribution in [0.3, 0.4) is 0 Å². The zero-order valence-corrected chi connectivity index (χ0v) is 19.4. The molecule has 2 aromatic carbocycles.